The average molecular weight is 542 g/mol. The molecule has 1 saturated heterocycles. The van der Waals surface area contributed by atoms with E-state index in [1.807, 2.05) is 12.1 Å². The summed E-state index contributed by atoms with van der Waals surface area (Å²) >= 11 is 0. The monoisotopic (exact) mass is 541 g/mol. The maximum Gasteiger partial charge on any atom is 0.243 e. The number of carbonyl (C=O) groups excluding carboxylic acids is 5. The number of Topliss-reactive ketones (excluding diaryl/α,β-unsaturated/α-hetero) is 2. The van der Waals surface area contributed by atoms with Crippen LogP contribution in [0.5, 0.6) is 5.75 Å². The number of nitrogens with one attached hydrogen (secondary N) is 3. The van der Waals surface area contributed by atoms with Crippen molar-refractivity contribution in [1.29, 1.82) is 0 Å². The Balaban J connectivity index is 1.46. The van der Waals surface area contributed by atoms with E-state index >= 15 is 0 Å². The first kappa shape index (κ1) is 28.7. The van der Waals surface area contributed by atoms with E-state index in [1.54, 1.807) is 26.2 Å². The number of rotatable bonds is 13. The van der Waals surface area contributed by atoms with Crippen molar-refractivity contribution in [3.63, 3.8) is 0 Å². The van der Waals surface area contributed by atoms with E-state index in [0.717, 1.165) is 31.2 Å². The molecule has 212 valence electrons. The molecule has 3 fully saturated rings. The van der Waals surface area contributed by atoms with Crippen LogP contribution < -0.4 is 20.7 Å². The first-order chi connectivity index (χ1) is 18.6. The van der Waals surface area contributed by atoms with Gasteiger partial charge in [0.05, 0.1) is 25.7 Å². The van der Waals surface area contributed by atoms with E-state index in [-0.39, 0.29) is 36.7 Å². The lowest BCUT2D eigenvalue weighted by molar-refractivity contribution is -0.139. The molecule has 3 amide bonds. The van der Waals surface area contributed by atoms with Crippen LogP contribution in [0.15, 0.2) is 24.3 Å². The van der Waals surface area contributed by atoms with Gasteiger partial charge in [0.25, 0.3) is 0 Å². The Kier molecular flexibility index (Phi) is 9.04. The second-order valence-corrected chi connectivity index (χ2v) is 11.3. The van der Waals surface area contributed by atoms with Gasteiger partial charge in [-0.05, 0) is 43.9 Å². The number of hydrogen-bond donors (Lipinski definition) is 3. The summed E-state index contributed by atoms with van der Waals surface area (Å²) in [6, 6.07) is 4.56. The summed E-state index contributed by atoms with van der Waals surface area (Å²) in [5, 5.41) is 8.33. The van der Waals surface area contributed by atoms with Gasteiger partial charge < -0.3 is 25.4 Å². The van der Waals surface area contributed by atoms with Crippen LogP contribution in [0.4, 0.5) is 0 Å². The highest BCUT2D eigenvalue weighted by molar-refractivity contribution is 5.99. The summed E-state index contributed by atoms with van der Waals surface area (Å²) < 4.78 is 10.6. The minimum absolute atomic E-state index is 0.0237. The molecule has 10 nitrogen and oxygen atoms in total. The first-order valence-electron chi connectivity index (χ1n) is 13.8. The largest absolute Gasteiger partial charge is 0.497 e. The molecule has 3 aliphatic rings. The van der Waals surface area contributed by atoms with Crippen molar-refractivity contribution in [1.82, 2.24) is 16.0 Å². The lowest BCUT2D eigenvalue weighted by Crippen LogP contribution is -2.57. The van der Waals surface area contributed by atoms with Crippen LogP contribution in [-0.2, 0) is 35.1 Å². The number of ketones is 2. The molecule has 39 heavy (non-hydrogen) atoms. The zero-order valence-electron chi connectivity index (χ0n) is 22.9. The third-order valence-electron chi connectivity index (χ3n) is 8.08. The lowest BCUT2D eigenvalue weighted by Gasteiger charge is -2.27. The summed E-state index contributed by atoms with van der Waals surface area (Å²) in [6.07, 6.45) is 5.35. The van der Waals surface area contributed by atoms with Gasteiger partial charge in [-0.3, -0.25) is 24.0 Å². The fraction of sp³-hybridized carbons (Fsp3) is 0.621. The summed E-state index contributed by atoms with van der Waals surface area (Å²) in [6.45, 7) is 3.60. The highest BCUT2D eigenvalue weighted by atomic mass is 16.6. The third-order valence-corrected chi connectivity index (χ3v) is 8.08. The van der Waals surface area contributed by atoms with Crippen molar-refractivity contribution in [3.05, 3.63) is 29.8 Å². The van der Waals surface area contributed by atoms with E-state index in [9.17, 15) is 24.0 Å². The molecule has 0 bridgehead atoms. The van der Waals surface area contributed by atoms with Gasteiger partial charge in [0.1, 0.15) is 29.2 Å². The smallest absolute Gasteiger partial charge is 0.243 e. The van der Waals surface area contributed by atoms with Gasteiger partial charge >= 0.3 is 0 Å². The zero-order valence-corrected chi connectivity index (χ0v) is 22.9. The summed E-state index contributed by atoms with van der Waals surface area (Å²) in [4.78, 5) is 63.5. The summed E-state index contributed by atoms with van der Waals surface area (Å²) in [7, 11) is 1.56. The molecular formula is C29H39N3O7. The second kappa shape index (κ2) is 12.3. The molecule has 0 unspecified atom stereocenters. The number of hydrogen-bond acceptors (Lipinski definition) is 7. The maximum absolute atomic E-state index is 13.6. The van der Waals surface area contributed by atoms with E-state index in [2.05, 4.69) is 16.0 Å². The number of amides is 3. The second-order valence-electron chi connectivity index (χ2n) is 11.3. The maximum atomic E-state index is 13.6. The minimum Gasteiger partial charge on any atom is -0.497 e. The number of carbonyl (C=O) groups is 5. The van der Waals surface area contributed by atoms with Crippen LogP contribution >= 0.6 is 0 Å². The molecule has 0 spiro atoms. The van der Waals surface area contributed by atoms with Gasteiger partial charge in [0, 0.05) is 19.3 Å². The Morgan fingerprint density at radius 2 is 1.62 bits per heavy atom. The van der Waals surface area contributed by atoms with Gasteiger partial charge in [0.2, 0.25) is 17.7 Å². The van der Waals surface area contributed by atoms with Crippen LogP contribution in [0.25, 0.3) is 0 Å². The van der Waals surface area contributed by atoms with Crippen molar-refractivity contribution < 1.29 is 33.4 Å². The quantitative estimate of drug-likeness (QED) is 0.322. The molecule has 2 aliphatic carbocycles. The van der Waals surface area contributed by atoms with Crippen LogP contribution in [-0.4, -0.2) is 66.7 Å². The van der Waals surface area contributed by atoms with Gasteiger partial charge in [-0.15, -0.1) is 0 Å². The predicted octanol–water partition coefficient (Wildman–Crippen LogP) is 1.63. The Hall–Kier alpha value is -3.27. The molecule has 1 aromatic rings. The van der Waals surface area contributed by atoms with E-state index < -0.39 is 41.5 Å². The van der Waals surface area contributed by atoms with Crippen LogP contribution in [0.1, 0.15) is 64.4 Å². The summed E-state index contributed by atoms with van der Waals surface area (Å²) in [5.74, 6) is -0.877. The van der Waals surface area contributed by atoms with E-state index in [1.165, 1.54) is 6.92 Å². The number of benzene rings is 1. The molecule has 4 atom stereocenters. The van der Waals surface area contributed by atoms with Gasteiger partial charge in [-0.25, -0.2) is 0 Å². The highest BCUT2D eigenvalue weighted by Gasteiger charge is 2.50. The molecule has 1 aromatic carbocycles. The van der Waals surface area contributed by atoms with Crippen molar-refractivity contribution >= 4 is 29.3 Å². The highest BCUT2D eigenvalue weighted by Crippen LogP contribution is 2.33. The number of epoxide rings is 1. The average Bonchev–Trinajstić information content (AvgIpc) is 3.44. The number of ether oxygens (including phenoxy) is 2. The van der Waals surface area contributed by atoms with Crippen molar-refractivity contribution in [2.24, 2.45) is 11.8 Å². The van der Waals surface area contributed by atoms with Crippen molar-refractivity contribution in [2.45, 2.75) is 88.9 Å². The molecular weight excluding hydrogens is 502 g/mol. The molecule has 2 saturated carbocycles. The molecule has 1 heterocycles. The molecule has 3 N–H and O–H groups in total. The lowest BCUT2D eigenvalue weighted by atomic mass is 9.83. The molecule has 4 rings (SSSR count). The Bertz CT molecular complexity index is 1080. The van der Waals surface area contributed by atoms with E-state index in [0.29, 0.717) is 24.7 Å². The van der Waals surface area contributed by atoms with Gasteiger partial charge in [-0.2, -0.15) is 0 Å². The van der Waals surface area contributed by atoms with Crippen LogP contribution in [0, 0.1) is 11.8 Å². The molecule has 1 aliphatic heterocycles. The Morgan fingerprint density at radius 1 is 1.00 bits per heavy atom. The molecule has 0 aromatic heterocycles. The first-order valence-corrected chi connectivity index (χ1v) is 13.8. The standard InChI is InChI=1S/C29H39N3O7/c1-17(30-27(36)20-14-21(33)15-20)26(35)32-24(13-19-8-10-22(38-3)11-9-19)28(37)31-23(12-18-6-4-5-7-18)25(34)29(2)16-39-29/h8-11,17-18,20,23-24H,4-7,12-16H2,1-3H3,(H,30,36)(H,31,37)(H,32,35)/t17-,23+,24+,29+/m1/s1. The minimum atomic E-state index is -0.984. The number of methoxy groups -OCH3 is 1. The normalized spacial score (nSPS) is 23.2. The predicted molar refractivity (Wildman–Crippen MR) is 142 cm³/mol. The molecule has 10 heteroatoms. The Labute approximate surface area is 228 Å². The Morgan fingerprint density at radius 3 is 2.18 bits per heavy atom. The fourth-order valence-corrected chi connectivity index (χ4v) is 5.28. The fourth-order valence-electron chi connectivity index (χ4n) is 5.28. The van der Waals surface area contributed by atoms with Gasteiger partial charge in [0.15, 0.2) is 5.78 Å². The topological polar surface area (TPSA) is 143 Å². The zero-order chi connectivity index (χ0) is 28.2. The van der Waals surface area contributed by atoms with E-state index in [4.69, 9.17) is 9.47 Å². The van der Waals surface area contributed by atoms with Crippen LogP contribution in [0.3, 0.4) is 0 Å². The van der Waals surface area contributed by atoms with Crippen LogP contribution in [0.2, 0.25) is 0 Å². The molecule has 0 radical (unpaired) electrons. The SMILES string of the molecule is COc1ccc(C[C@H](NC(=O)[C@@H](C)NC(=O)C2CC(=O)C2)C(=O)N[C@@H](CC2CCCC2)C(=O)[C@]2(C)CO2)cc1. The van der Waals surface area contributed by atoms with Gasteiger partial charge in [-0.1, -0.05) is 37.8 Å². The van der Waals surface area contributed by atoms with Crippen molar-refractivity contribution in [3.8, 4) is 5.75 Å². The third kappa shape index (κ3) is 7.44. The summed E-state index contributed by atoms with van der Waals surface area (Å²) in [5.41, 5.74) is -0.0930. The van der Waals surface area contributed by atoms with Crippen molar-refractivity contribution in [2.75, 3.05) is 13.7 Å².